The first kappa shape index (κ1) is 10.2. The van der Waals surface area contributed by atoms with E-state index in [-0.39, 0.29) is 0 Å². The predicted octanol–water partition coefficient (Wildman–Crippen LogP) is -0.464. The third-order valence-corrected chi connectivity index (χ3v) is 1.16. The summed E-state index contributed by atoms with van der Waals surface area (Å²) in [6.45, 7) is 1.56. The number of ether oxygens (including phenoxy) is 1. The van der Waals surface area contributed by atoms with Gasteiger partial charge in [0.25, 0.3) is 0 Å². The summed E-state index contributed by atoms with van der Waals surface area (Å²) < 4.78 is 4.80. The molecule has 0 bridgehead atoms. The summed E-state index contributed by atoms with van der Waals surface area (Å²) in [6, 6.07) is 0. The maximum atomic E-state index is 10.9. The summed E-state index contributed by atoms with van der Waals surface area (Å²) in [7, 11) is 4.80. The highest BCUT2D eigenvalue weighted by molar-refractivity contribution is 5.67. The molecule has 0 saturated heterocycles. The van der Waals surface area contributed by atoms with Crippen molar-refractivity contribution in [3.8, 4) is 0 Å². The van der Waals surface area contributed by atoms with Crippen LogP contribution in [0.2, 0.25) is 0 Å². The average Bonchev–Trinajstić information content (AvgIpc) is 1.87. The molecule has 0 rings (SSSR count). The largest absolute Gasteiger partial charge is 0.415 e. The molecule has 5 heteroatoms. The van der Waals surface area contributed by atoms with E-state index in [2.05, 4.69) is 5.32 Å². The topological polar surface area (TPSA) is 67.6 Å². The van der Waals surface area contributed by atoms with Gasteiger partial charge in [-0.3, -0.25) is 11.1 Å². The molecule has 1 atom stereocenters. The minimum atomic E-state index is -1.10. The highest BCUT2D eigenvalue weighted by atomic mass is 16.6. The molecule has 0 heterocycles. The maximum absolute atomic E-state index is 10.9. The molecular weight excluding hydrogens is 146 g/mol. The first-order valence-electron chi connectivity index (χ1n) is 3.27. The summed E-state index contributed by atoms with van der Waals surface area (Å²) in [4.78, 5) is 12.2. The van der Waals surface area contributed by atoms with Crippen molar-refractivity contribution in [3.05, 3.63) is 0 Å². The van der Waals surface area contributed by atoms with E-state index < -0.39 is 11.9 Å². The Balaban J connectivity index is 3.94. The number of nitrogens with two attached hydrogens (primary N) is 1. The Bertz CT molecular complexity index is 145. The number of carbonyl (C=O) groups excluding carboxylic acids is 1. The van der Waals surface area contributed by atoms with Gasteiger partial charge in [0.2, 0.25) is 5.85 Å². The third-order valence-electron chi connectivity index (χ3n) is 1.16. The number of amides is 1. The normalized spacial score (nSPS) is 15.4. The van der Waals surface area contributed by atoms with Gasteiger partial charge in [0.05, 0.1) is 0 Å². The van der Waals surface area contributed by atoms with Crippen molar-refractivity contribution in [2.45, 2.75) is 12.8 Å². The van der Waals surface area contributed by atoms with Crippen LogP contribution in [0.15, 0.2) is 0 Å². The Morgan fingerprint density at radius 2 is 2.09 bits per heavy atom. The Morgan fingerprint density at radius 3 is 2.36 bits per heavy atom. The molecule has 1 amide bonds. The molecule has 0 aromatic carbocycles. The fraction of sp³-hybridized carbons (Fsp3) is 0.833. The molecule has 1 unspecified atom stereocenters. The summed E-state index contributed by atoms with van der Waals surface area (Å²) in [5, 5.41) is 2.64. The second-order valence-electron chi connectivity index (χ2n) is 2.62. The van der Waals surface area contributed by atoms with E-state index in [0.717, 1.165) is 0 Å². The number of nitrogens with one attached hydrogen (secondary N) is 1. The van der Waals surface area contributed by atoms with Gasteiger partial charge in [0, 0.05) is 21.0 Å². The van der Waals surface area contributed by atoms with Crippen LogP contribution in [0.4, 0.5) is 4.79 Å². The van der Waals surface area contributed by atoms with Gasteiger partial charge in [-0.05, 0) is 7.05 Å². The van der Waals surface area contributed by atoms with Gasteiger partial charge < -0.3 is 9.64 Å². The van der Waals surface area contributed by atoms with Crippen LogP contribution in [-0.2, 0) is 4.74 Å². The van der Waals surface area contributed by atoms with E-state index in [1.165, 1.54) is 4.90 Å². The smallest absolute Gasteiger partial charge is 0.411 e. The molecule has 0 aliphatic carbocycles. The van der Waals surface area contributed by atoms with E-state index in [9.17, 15) is 4.79 Å². The fourth-order valence-corrected chi connectivity index (χ4v) is 0.324. The Kier molecular flexibility index (Phi) is 3.28. The van der Waals surface area contributed by atoms with Crippen molar-refractivity contribution in [2.75, 3.05) is 21.1 Å². The van der Waals surface area contributed by atoms with Crippen molar-refractivity contribution >= 4 is 6.09 Å². The van der Waals surface area contributed by atoms with Crippen LogP contribution < -0.4 is 11.1 Å². The molecule has 0 aromatic rings. The standard InChI is InChI=1S/C6H15N3O2/c1-6(7,8-2)11-5(10)9(3)4/h8H,7H2,1-4H3. The molecule has 5 nitrogen and oxygen atoms in total. The Morgan fingerprint density at radius 1 is 1.64 bits per heavy atom. The molecule has 0 aromatic heterocycles. The van der Waals surface area contributed by atoms with Crippen LogP contribution in [0.25, 0.3) is 0 Å². The zero-order chi connectivity index (χ0) is 9.07. The highest BCUT2D eigenvalue weighted by Crippen LogP contribution is 1.97. The highest BCUT2D eigenvalue weighted by Gasteiger charge is 2.21. The van der Waals surface area contributed by atoms with Gasteiger partial charge in [-0.25, -0.2) is 4.79 Å². The number of hydrogen-bond donors (Lipinski definition) is 2. The van der Waals surface area contributed by atoms with Crippen LogP contribution in [0.5, 0.6) is 0 Å². The molecule has 11 heavy (non-hydrogen) atoms. The minimum Gasteiger partial charge on any atom is -0.415 e. The second-order valence-corrected chi connectivity index (χ2v) is 2.62. The van der Waals surface area contributed by atoms with Gasteiger partial charge in [-0.2, -0.15) is 0 Å². The molecule has 0 radical (unpaired) electrons. The minimum absolute atomic E-state index is 0.468. The number of rotatable bonds is 2. The SMILES string of the molecule is CNC(C)(N)OC(=O)N(C)C. The number of hydrogen-bond acceptors (Lipinski definition) is 4. The molecule has 0 aliphatic rings. The zero-order valence-electron chi connectivity index (χ0n) is 7.34. The van der Waals surface area contributed by atoms with E-state index >= 15 is 0 Å². The lowest BCUT2D eigenvalue weighted by Gasteiger charge is -2.25. The van der Waals surface area contributed by atoms with Crippen molar-refractivity contribution in [1.82, 2.24) is 10.2 Å². The maximum Gasteiger partial charge on any atom is 0.411 e. The molecule has 3 N–H and O–H groups in total. The Labute approximate surface area is 66.5 Å². The fourth-order valence-electron chi connectivity index (χ4n) is 0.324. The van der Waals surface area contributed by atoms with Gasteiger partial charge in [0.15, 0.2) is 0 Å². The molecule has 0 saturated carbocycles. The van der Waals surface area contributed by atoms with Gasteiger partial charge >= 0.3 is 6.09 Å². The van der Waals surface area contributed by atoms with Crippen molar-refractivity contribution in [2.24, 2.45) is 5.73 Å². The third kappa shape index (κ3) is 3.79. The summed E-state index contributed by atoms with van der Waals surface area (Å²) in [6.07, 6.45) is -0.468. The zero-order valence-corrected chi connectivity index (χ0v) is 7.34. The summed E-state index contributed by atoms with van der Waals surface area (Å²) in [5.74, 6) is -1.10. The van der Waals surface area contributed by atoms with Gasteiger partial charge in [0.1, 0.15) is 0 Å². The van der Waals surface area contributed by atoms with E-state index in [1.54, 1.807) is 28.1 Å². The molecule has 66 valence electrons. The first-order chi connectivity index (χ1) is 4.89. The molecular formula is C6H15N3O2. The van der Waals surface area contributed by atoms with Crippen molar-refractivity contribution in [3.63, 3.8) is 0 Å². The van der Waals surface area contributed by atoms with Gasteiger partial charge in [-0.15, -0.1) is 0 Å². The predicted molar refractivity (Wildman–Crippen MR) is 41.8 cm³/mol. The van der Waals surface area contributed by atoms with Crippen LogP contribution in [0.1, 0.15) is 6.92 Å². The summed E-state index contributed by atoms with van der Waals surface area (Å²) in [5.41, 5.74) is 5.47. The van der Waals surface area contributed by atoms with Crippen molar-refractivity contribution < 1.29 is 9.53 Å². The molecule has 0 fully saturated rings. The molecule has 0 aliphatic heterocycles. The number of nitrogens with zero attached hydrogens (tertiary/aromatic N) is 1. The monoisotopic (exact) mass is 161 g/mol. The lowest BCUT2D eigenvalue weighted by molar-refractivity contribution is -0.00499. The average molecular weight is 161 g/mol. The lowest BCUT2D eigenvalue weighted by Crippen LogP contribution is -2.53. The lowest BCUT2D eigenvalue weighted by atomic mass is 10.5. The van der Waals surface area contributed by atoms with Crippen LogP contribution in [0, 0.1) is 0 Å². The van der Waals surface area contributed by atoms with Crippen LogP contribution in [-0.4, -0.2) is 38.0 Å². The van der Waals surface area contributed by atoms with Crippen molar-refractivity contribution in [1.29, 1.82) is 0 Å². The van der Waals surface area contributed by atoms with E-state index in [4.69, 9.17) is 10.5 Å². The van der Waals surface area contributed by atoms with E-state index in [1.807, 2.05) is 0 Å². The van der Waals surface area contributed by atoms with Gasteiger partial charge in [-0.1, -0.05) is 0 Å². The second kappa shape index (κ2) is 3.54. The summed E-state index contributed by atoms with van der Waals surface area (Å²) >= 11 is 0. The van der Waals surface area contributed by atoms with Crippen LogP contribution >= 0.6 is 0 Å². The van der Waals surface area contributed by atoms with Crippen LogP contribution in [0.3, 0.4) is 0 Å². The Hall–Kier alpha value is -0.810. The quantitative estimate of drug-likeness (QED) is 0.538. The first-order valence-corrected chi connectivity index (χ1v) is 3.27. The molecule has 0 spiro atoms. The van der Waals surface area contributed by atoms with E-state index in [0.29, 0.717) is 0 Å². The number of carbonyl (C=O) groups is 1.